The first-order valence-electron chi connectivity index (χ1n) is 7.41. The Morgan fingerprint density at radius 1 is 1.13 bits per heavy atom. The number of carboxylic acid groups (broad SMARTS) is 1. The number of carbonyl (C=O) groups is 1. The number of aromatic carboxylic acids is 1. The van der Waals surface area contributed by atoms with Crippen LogP contribution < -0.4 is 4.74 Å². The standard InChI is InChI=1S/C18H17NO4/c1-22-15-8-7-13-9-12(5-6-14(13)10-15)3-2-4-16-11-17(18(20)21)19-23-16/h5-11H,2-4H2,1H3,(H,20,21). The first-order valence-corrected chi connectivity index (χ1v) is 7.41. The molecule has 3 aromatic rings. The molecule has 0 unspecified atom stereocenters. The van der Waals surface area contributed by atoms with Crippen LogP contribution in [-0.4, -0.2) is 23.3 Å². The molecule has 0 saturated carbocycles. The first-order chi connectivity index (χ1) is 11.2. The van der Waals surface area contributed by atoms with Crippen molar-refractivity contribution in [2.45, 2.75) is 19.3 Å². The number of rotatable bonds is 6. The highest BCUT2D eigenvalue weighted by Crippen LogP contribution is 2.22. The molecule has 2 aromatic carbocycles. The van der Waals surface area contributed by atoms with E-state index >= 15 is 0 Å². The summed E-state index contributed by atoms with van der Waals surface area (Å²) >= 11 is 0. The molecule has 0 amide bonds. The zero-order valence-electron chi connectivity index (χ0n) is 12.8. The fourth-order valence-corrected chi connectivity index (χ4v) is 2.55. The Morgan fingerprint density at radius 2 is 1.91 bits per heavy atom. The molecule has 118 valence electrons. The molecule has 1 aromatic heterocycles. The number of aromatic nitrogens is 1. The van der Waals surface area contributed by atoms with Gasteiger partial charge in [0.25, 0.3) is 0 Å². The van der Waals surface area contributed by atoms with Crippen molar-refractivity contribution >= 4 is 16.7 Å². The Kier molecular flexibility index (Phi) is 4.28. The molecule has 0 aliphatic rings. The van der Waals surface area contributed by atoms with Crippen molar-refractivity contribution in [3.63, 3.8) is 0 Å². The highest BCUT2D eigenvalue weighted by molar-refractivity contribution is 5.85. The summed E-state index contributed by atoms with van der Waals surface area (Å²) in [6, 6.07) is 13.9. The zero-order valence-corrected chi connectivity index (χ0v) is 12.8. The van der Waals surface area contributed by atoms with E-state index in [0.717, 1.165) is 24.0 Å². The minimum Gasteiger partial charge on any atom is -0.497 e. The van der Waals surface area contributed by atoms with Gasteiger partial charge in [-0.05, 0) is 41.3 Å². The largest absolute Gasteiger partial charge is 0.497 e. The summed E-state index contributed by atoms with van der Waals surface area (Å²) in [5, 5.41) is 14.6. The predicted molar refractivity (Wildman–Crippen MR) is 86.0 cm³/mol. The smallest absolute Gasteiger partial charge is 0.358 e. The van der Waals surface area contributed by atoms with E-state index in [9.17, 15) is 4.79 Å². The van der Waals surface area contributed by atoms with Crippen LogP contribution in [0.4, 0.5) is 0 Å². The van der Waals surface area contributed by atoms with E-state index < -0.39 is 5.97 Å². The van der Waals surface area contributed by atoms with Crippen molar-refractivity contribution in [2.75, 3.05) is 7.11 Å². The number of nitrogens with zero attached hydrogens (tertiary/aromatic N) is 1. The second-order valence-electron chi connectivity index (χ2n) is 5.38. The van der Waals surface area contributed by atoms with E-state index in [1.54, 1.807) is 7.11 Å². The number of fused-ring (bicyclic) bond motifs is 1. The van der Waals surface area contributed by atoms with Crippen LogP contribution in [0.1, 0.15) is 28.2 Å². The third-order valence-corrected chi connectivity index (χ3v) is 3.78. The van der Waals surface area contributed by atoms with Crippen molar-refractivity contribution < 1.29 is 19.2 Å². The summed E-state index contributed by atoms with van der Waals surface area (Å²) < 4.78 is 10.2. The average Bonchev–Trinajstić information content (AvgIpc) is 3.03. The summed E-state index contributed by atoms with van der Waals surface area (Å²) in [6.45, 7) is 0. The van der Waals surface area contributed by atoms with Crippen molar-refractivity contribution in [1.82, 2.24) is 5.16 Å². The Hall–Kier alpha value is -2.82. The van der Waals surface area contributed by atoms with E-state index in [4.69, 9.17) is 14.4 Å². The molecule has 0 aliphatic heterocycles. The van der Waals surface area contributed by atoms with Gasteiger partial charge in [0.15, 0.2) is 5.69 Å². The summed E-state index contributed by atoms with van der Waals surface area (Å²) in [5.74, 6) is 0.391. The van der Waals surface area contributed by atoms with Crippen molar-refractivity contribution in [1.29, 1.82) is 0 Å². The van der Waals surface area contributed by atoms with Gasteiger partial charge in [0, 0.05) is 12.5 Å². The molecule has 0 saturated heterocycles. The molecule has 0 fully saturated rings. The van der Waals surface area contributed by atoms with Gasteiger partial charge in [0.2, 0.25) is 0 Å². The molecule has 23 heavy (non-hydrogen) atoms. The lowest BCUT2D eigenvalue weighted by Gasteiger charge is -2.05. The highest BCUT2D eigenvalue weighted by Gasteiger charge is 2.10. The molecular weight excluding hydrogens is 294 g/mol. The third kappa shape index (κ3) is 3.51. The first kappa shape index (κ1) is 15.1. The molecule has 3 rings (SSSR count). The zero-order chi connectivity index (χ0) is 16.2. The number of hydrogen-bond acceptors (Lipinski definition) is 4. The van der Waals surface area contributed by atoms with Crippen LogP contribution in [-0.2, 0) is 12.8 Å². The molecule has 0 bridgehead atoms. The third-order valence-electron chi connectivity index (χ3n) is 3.78. The summed E-state index contributed by atoms with van der Waals surface area (Å²) in [7, 11) is 1.66. The summed E-state index contributed by atoms with van der Waals surface area (Å²) in [5.41, 5.74) is 1.19. The maximum absolute atomic E-state index is 10.7. The molecule has 0 aliphatic carbocycles. The number of aryl methyl sites for hydroxylation is 2. The Labute approximate surface area is 133 Å². The van der Waals surface area contributed by atoms with Gasteiger partial charge >= 0.3 is 5.97 Å². The lowest BCUT2D eigenvalue weighted by Crippen LogP contribution is -1.94. The van der Waals surface area contributed by atoms with Crippen LogP contribution in [0.5, 0.6) is 5.75 Å². The van der Waals surface area contributed by atoms with E-state index in [-0.39, 0.29) is 5.69 Å². The topological polar surface area (TPSA) is 72.6 Å². The van der Waals surface area contributed by atoms with E-state index in [1.807, 2.05) is 18.2 Å². The monoisotopic (exact) mass is 311 g/mol. The Balaban J connectivity index is 1.63. The lowest BCUT2D eigenvalue weighted by atomic mass is 10.0. The molecule has 0 atom stereocenters. The van der Waals surface area contributed by atoms with Gasteiger partial charge < -0.3 is 14.4 Å². The SMILES string of the molecule is COc1ccc2cc(CCCc3cc(C(=O)O)no3)ccc2c1. The van der Waals surface area contributed by atoms with Crippen molar-refractivity contribution in [3.8, 4) is 5.75 Å². The maximum Gasteiger partial charge on any atom is 0.358 e. The molecule has 1 N–H and O–H groups in total. The second kappa shape index (κ2) is 6.52. The van der Waals surface area contributed by atoms with Gasteiger partial charge in [-0.3, -0.25) is 0 Å². The number of ether oxygens (including phenoxy) is 1. The van der Waals surface area contributed by atoms with Crippen LogP contribution in [0.2, 0.25) is 0 Å². The van der Waals surface area contributed by atoms with Crippen LogP contribution >= 0.6 is 0 Å². The molecule has 5 nitrogen and oxygen atoms in total. The van der Waals surface area contributed by atoms with Crippen LogP contribution in [0, 0.1) is 0 Å². The Bertz CT molecular complexity index is 838. The van der Waals surface area contributed by atoms with E-state index in [1.165, 1.54) is 17.0 Å². The van der Waals surface area contributed by atoms with E-state index in [0.29, 0.717) is 12.2 Å². The fraction of sp³-hybridized carbons (Fsp3) is 0.222. The molecular formula is C18H17NO4. The van der Waals surface area contributed by atoms with Gasteiger partial charge in [0.1, 0.15) is 11.5 Å². The fourth-order valence-electron chi connectivity index (χ4n) is 2.55. The predicted octanol–water partition coefficient (Wildman–Crippen LogP) is 3.71. The second-order valence-corrected chi connectivity index (χ2v) is 5.38. The van der Waals surface area contributed by atoms with Crippen molar-refractivity contribution in [3.05, 3.63) is 59.5 Å². The quantitative estimate of drug-likeness (QED) is 0.751. The van der Waals surface area contributed by atoms with Gasteiger partial charge in [-0.15, -0.1) is 0 Å². The molecule has 1 heterocycles. The van der Waals surface area contributed by atoms with Crippen molar-refractivity contribution in [2.24, 2.45) is 0 Å². The number of carboxylic acids is 1. The summed E-state index contributed by atoms with van der Waals surface area (Å²) in [6.07, 6.45) is 2.43. The van der Waals surface area contributed by atoms with Gasteiger partial charge in [-0.25, -0.2) is 4.79 Å². The maximum atomic E-state index is 10.7. The summed E-state index contributed by atoms with van der Waals surface area (Å²) in [4.78, 5) is 10.7. The minimum absolute atomic E-state index is 0.0420. The van der Waals surface area contributed by atoms with E-state index in [2.05, 4.69) is 23.4 Å². The molecule has 0 radical (unpaired) electrons. The van der Waals surface area contributed by atoms with Crippen LogP contribution in [0.25, 0.3) is 10.8 Å². The molecule has 5 heteroatoms. The highest BCUT2D eigenvalue weighted by atomic mass is 16.5. The van der Waals surface area contributed by atoms with Gasteiger partial charge in [-0.1, -0.05) is 29.4 Å². The Morgan fingerprint density at radius 3 is 2.65 bits per heavy atom. The van der Waals surface area contributed by atoms with Gasteiger partial charge in [0.05, 0.1) is 7.11 Å². The van der Waals surface area contributed by atoms with Gasteiger partial charge in [-0.2, -0.15) is 0 Å². The average molecular weight is 311 g/mol. The number of methoxy groups -OCH3 is 1. The molecule has 0 spiro atoms. The van der Waals surface area contributed by atoms with Crippen LogP contribution in [0.15, 0.2) is 47.0 Å². The lowest BCUT2D eigenvalue weighted by molar-refractivity contribution is 0.0685. The number of hydrogen-bond donors (Lipinski definition) is 1. The normalized spacial score (nSPS) is 10.8. The van der Waals surface area contributed by atoms with Crippen LogP contribution in [0.3, 0.4) is 0 Å². The number of benzene rings is 2. The minimum atomic E-state index is -1.06.